The van der Waals surface area contributed by atoms with Crippen LogP contribution in [-0.4, -0.2) is 17.0 Å². The molecule has 2 nitrogen and oxygen atoms in total. The number of allylic oxidation sites excluding steroid dienone is 6. The molecule has 0 bridgehead atoms. The Balaban J connectivity index is 2.42. The highest BCUT2D eigenvalue weighted by Gasteiger charge is 2.55. The molecule has 0 aromatic rings. The van der Waals surface area contributed by atoms with E-state index >= 15 is 0 Å². The summed E-state index contributed by atoms with van der Waals surface area (Å²) in [5, 5.41) is 9.84. The molecule has 1 fully saturated rings. The van der Waals surface area contributed by atoms with Gasteiger partial charge in [0, 0.05) is 0 Å². The standard InChI is InChI=1S/C17H24O2/c1-6-10(2)7-8-12-11(3)16(19)15-13(9-14(15)18)17(12,4)5/h6-8,13-15,18H,9H2,1-5H3/b8-7+,10-6+/t13?,14?,15-/m1/s1. The lowest BCUT2D eigenvalue weighted by atomic mass is 9.51. The first-order valence-electron chi connectivity index (χ1n) is 7.05. The smallest absolute Gasteiger partial charge is 0.164 e. The maximum Gasteiger partial charge on any atom is 0.164 e. The summed E-state index contributed by atoms with van der Waals surface area (Å²) >= 11 is 0. The largest absolute Gasteiger partial charge is 0.392 e. The highest BCUT2D eigenvalue weighted by atomic mass is 16.3. The predicted molar refractivity (Wildman–Crippen MR) is 77.7 cm³/mol. The van der Waals surface area contributed by atoms with Gasteiger partial charge in [-0.3, -0.25) is 4.79 Å². The number of hydrogen-bond acceptors (Lipinski definition) is 2. The number of aliphatic hydroxyl groups is 1. The minimum atomic E-state index is -0.436. The second-order valence-electron chi connectivity index (χ2n) is 6.43. The fourth-order valence-corrected chi connectivity index (χ4v) is 3.44. The van der Waals surface area contributed by atoms with Gasteiger partial charge in [-0.25, -0.2) is 0 Å². The lowest BCUT2D eigenvalue weighted by Crippen LogP contribution is -2.55. The number of Topliss-reactive ketones (excluding diaryl/α,β-unsaturated/α-hetero) is 1. The lowest BCUT2D eigenvalue weighted by molar-refractivity contribution is -0.143. The van der Waals surface area contributed by atoms with E-state index in [9.17, 15) is 9.90 Å². The van der Waals surface area contributed by atoms with Crippen LogP contribution in [0.5, 0.6) is 0 Å². The van der Waals surface area contributed by atoms with E-state index in [0.717, 1.165) is 17.6 Å². The van der Waals surface area contributed by atoms with Crippen LogP contribution < -0.4 is 0 Å². The van der Waals surface area contributed by atoms with Crippen LogP contribution in [0.1, 0.15) is 41.0 Å². The molecule has 0 heterocycles. The van der Waals surface area contributed by atoms with Crippen LogP contribution >= 0.6 is 0 Å². The molecule has 19 heavy (non-hydrogen) atoms. The zero-order valence-corrected chi connectivity index (χ0v) is 12.5. The summed E-state index contributed by atoms with van der Waals surface area (Å²) in [4.78, 5) is 12.3. The van der Waals surface area contributed by atoms with Gasteiger partial charge in [-0.05, 0) is 49.7 Å². The summed E-state index contributed by atoms with van der Waals surface area (Å²) in [6.45, 7) is 10.3. The first-order chi connectivity index (χ1) is 8.80. The molecule has 2 unspecified atom stereocenters. The van der Waals surface area contributed by atoms with Gasteiger partial charge in [-0.2, -0.15) is 0 Å². The van der Waals surface area contributed by atoms with E-state index in [4.69, 9.17) is 0 Å². The number of fused-ring (bicyclic) bond motifs is 1. The van der Waals surface area contributed by atoms with Gasteiger partial charge >= 0.3 is 0 Å². The maximum atomic E-state index is 12.3. The molecule has 2 rings (SSSR count). The highest BCUT2D eigenvalue weighted by molar-refractivity contribution is 6.00. The molecule has 0 saturated heterocycles. The molecule has 1 saturated carbocycles. The molecule has 0 aromatic heterocycles. The molecule has 0 amide bonds. The number of hydrogen-bond donors (Lipinski definition) is 1. The number of carbonyl (C=O) groups excluding carboxylic acids is 1. The summed E-state index contributed by atoms with van der Waals surface area (Å²) in [6, 6.07) is 0. The van der Waals surface area contributed by atoms with Crippen molar-refractivity contribution < 1.29 is 9.90 Å². The molecule has 2 heteroatoms. The zero-order valence-electron chi connectivity index (χ0n) is 12.5. The highest BCUT2D eigenvalue weighted by Crippen LogP contribution is 2.55. The van der Waals surface area contributed by atoms with Crippen molar-refractivity contribution in [3.8, 4) is 0 Å². The Bertz CT molecular complexity index is 491. The van der Waals surface area contributed by atoms with Crippen LogP contribution in [0.4, 0.5) is 0 Å². The van der Waals surface area contributed by atoms with Crippen LogP contribution in [0.3, 0.4) is 0 Å². The predicted octanol–water partition coefficient (Wildman–Crippen LogP) is 3.43. The van der Waals surface area contributed by atoms with E-state index in [-0.39, 0.29) is 23.0 Å². The third-order valence-electron chi connectivity index (χ3n) is 5.01. The molecular formula is C17H24O2. The van der Waals surface area contributed by atoms with Crippen LogP contribution in [0, 0.1) is 17.3 Å². The van der Waals surface area contributed by atoms with Gasteiger partial charge in [-0.1, -0.05) is 37.6 Å². The molecule has 0 spiro atoms. The maximum absolute atomic E-state index is 12.3. The third-order valence-corrected chi connectivity index (χ3v) is 5.01. The minimum Gasteiger partial charge on any atom is -0.392 e. The lowest BCUT2D eigenvalue weighted by Gasteiger charge is -2.53. The third kappa shape index (κ3) is 2.12. The van der Waals surface area contributed by atoms with Crippen molar-refractivity contribution in [3.63, 3.8) is 0 Å². The van der Waals surface area contributed by atoms with E-state index in [2.05, 4.69) is 39.0 Å². The van der Waals surface area contributed by atoms with Crippen molar-refractivity contribution >= 4 is 5.78 Å². The van der Waals surface area contributed by atoms with E-state index in [1.807, 2.05) is 13.8 Å². The summed E-state index contributed by atoms with van der Waals surface area (Å²) in [7, 11) is 0. The van der Waals surface area contributed by atoms with Gasteiger partial charge in [0.2, 0.25) is 0 Å². The number of rotatable bonds is 2. The molecule has 2 aliphatic carbocycles. The van der Waals surface area contributed by atoms with Crippen LogP contribution in [0.25, 0.3) is 0 Å². The Morgan fingerprint density at radius 2 is 2.05 bits per heavy atom. The Morgan fingerprint density at radius 1 is 1.42 bits per heavy atom. The zero-order chi connectivity index (χ0) is 14.4. The topological polar surface area (TPSA) is 37.3 Å². The Hall–Kier alpha value is -1.15. The van der Waals surface area contributed by atoms with Gasteiger partial charge in [-0.15, -0.1) is 0 Å². The number of carbonyl (C=O) groups is 1. The molecular weight excluding hydrogens is 236 g/mol. The number of aliphatic hydroxyl groups excluding tert-OH is 1. The average Bonchev–Trinajstić information content (AvgIpc) is 2.33. The first kappa shape index (κ1) is 14.3. The van der Waals surface area contributed by atoms with E-state index in [0.29, 0.717) is 0 Å². The quantitative estimate of drug-likeness (QED) is 0.772. The molecule has 1 N–H and O–H groups in total. The molecule has 0 radical (unpaired) electrons. The Labute approximate surface area is 115 Å². The summed E-state index contributed by atoms with van der Waals surface area (Å²) < 4.78 is 0. The second kappa shape index (κ2) is 4.75. The molecule has 3 atom stereocenters. The van der Waals surface area contributed by atoms with Crippen molar-refractivity contribution in [3.05, 3.63) is 34.9 Å². The fraction of sp³-hybridized carbons (Fsp3) is 0.588. The fourth-order valence-electron chi connectivity index (χ4n) is 3.44. The van der Waals surface area contributed by atoms with Crippen molar-refractivity contribution in [1.82, 2.24) is 0 Å². The molecule has 0 aromatic carbocycles. The van der Waals surface area contributed by atoms with Gasteiger partial charge in [0.1, 0.15) is 0 Å². The molecule has 0 aliphatic heterocycles. The molecule has 104 valence electrons. The van der Waals surface area contributed by atoms with E-state index < -0.39 is 6.10 Å². The van der Waals surface area contributed by atoms with Crippen LogP contribution in [0.2, 0.25) is 0 Å². The van der Waals surface area contributed by atoms with E-state index in [1.54, 1.807) is 0 Å². The van der Waals surface area contributed by atoms with Crippen molar-refractivity contribution in [1.29, 1.82) is 0 Å². The van der Waals surface area contributed by atoms with Crippen LogP contribution in [0.15, 0.2) is 34.9 Å². The van der Waals surface area contributed by atoms with Crippen molar-refractivity contribution in [2.24, 2.45) is 17.3 Å². The van der Waals surface area contributed by atoms with Crippen molar-refractivity contribution in [2.45, 2.75) is 47.1 Å². The summed E-state index contributed by atoms with van der Waals surface area (Å²) in [5.41, 5.74) is 3.11. The molecule has 2 aliphatic rings. The van der Waals surface area contributed by atoms with Gasteiger partial charge in [0.25, 0.3) is 0 Å². The SMILES string of the molecule is C/C=C(C)/C=C/C1=C(C)C(=O)[C@H]2C(O)CC2C1(C)C. The monoisotopic (exact) mass is 260 g/mol. The Kier molecular flexibility index (Phi) is 3.57. The van der Waals surface area contributed by atoms with Gasteiger partial charge in [0.15, 0.2) is 5.78 Å². The average molecular weight is 260 g/mol. The van der Waals surface area contributed by atoms with E-state index in [1.165, 1.54) is 5.57 Å². The second-order valence-corrected chi connectivity index (χ2v) is 6.43. The normalized spacial score (nSPS) is 34.5. The van der Waals surface area contributed by atoms with Gasteiger partial charge in [0.05, 0.1) is 12.0 Å². The van der Waals surface area contributed by atoms with Crippen molar-refractivity contribution in [2.75, 3.05) is 0 Å². The minimum absolute atomic E-state index is 0.0353. The Morgan fingerprint density at radius 3 is 2.58 bits per heavy atom. The summed E-state index contributed by atoms with van der Waals surface area (Å²) in [5.74, 6) is 0.250. The van der Waals surface area contributed by atoms with Gasteiger partial charge < -0.3 is 5.11 Å². The first-order valence-corrected chi connectivity index (χ1v) is 7.05. The van der Waals surface area contributed by atoms with Crippen LogP contribution in [-0.2, 0) is 4.79 Å². The summed E-state index contributed by atoms with van der Waals surface area (Å²) in [6.07, 6.45) is 6.53. The number of ketones is 1.